The molecule has 3 unspecified atom stereocenters. The van der Waals surface area contributed by atoms with Crippen LogP contribution >= 0.6 is 15.9 Å². The Labute approximate surface area is 211 Å². The molecule has 180 valence electrons. The van der Waals surface area contributed by atoms with Crippen molar-refractivity contribution in [3.63, 3.8) is 0 Å². The number of methoxy groups -OCH3 is 1. The lowest BCUT2D eigenvalue weighted by Crippen LogP contribution is -2.52. The fourth-order valence-electron chi connectivity index (χ4n) is 6.11. The van der Waals surface area contributed by atoms with Gasteiger partial charge in [-0.2, -0.15) is 0 Å². The maximum atomic E-state index is 13.8. The van der Waals surface area contributed by atoms with Gasteiger partial charge in [0.15, 0.2) is 11.2 Å². The number of amides is 1. The molecule has 3 aromatic rings. The fourth-order valence-corrected chi connectivity index (χ4v) is 6.38. The second kappa shape index (κ2) is 8.05. The molecule has 8 heteroatoms. The number of benzene rings is 2. The van der Waals surface area contributed by atoms with Crippen LogP contribution in [-0.2, 0) is 16.0 Å². The Morgan fingerprint density at radius 2 is 1.86 bits per heavy atom. The van der Waals surface area contributed by atoms with E-state index < -0.39 is 29.1 Å². The molecular weight excluding hydrogens is 512 g/mol. The number of aliphatic hydroxyl groups is 2. The van der Waals surface area contributed by atoms with Crippen molar-refractivity contribution in [1.82, 2.24) is 9.88 Å². The number of aliphatic hydroxyl groups excluding tert-OH is 1. The maximum absolute atomic E-state index is 13.8. The summed E-state index contributed by atoms with van der Waals surface area (Å²) < 4.78 is 13.1. The molecule has 2 aromatic carbocycles. The first-order valence-electron chi connectivity index (χ1n) is 11.6. The Kier molecular flexibility index (Phi) is 5.18. The second-order valence-corrected chi connectivity index (χ2v) is 10.3. The van der Waals surface area contributed by atoms with Crippen molar-refractivity contribution < 1.29 is 24.5 Å². The van der Waals surface area contributed by atoms with Crippen molar-refractivity contribution in [2.45, 2.75) is 29.6 Å². The minimum atomic E-state index is -1.98. The topological polar surface area (TPSA) is 92.1 Å². The van der Waals surface area contributed by atoms with Crippen molar-refractivity contribution >= 4 is 21.8 Å². The highest BCUT2D eigenvalue weighted by Crippen LogP contribution is 2.69. The van der Waals surface area contributed by atoms with Crippen molar-refractivity contribution in [3.8, 4) is 11.5 Å². The van der Waals surface area contributed by atoms with E-state index in [1.165, 1.54) is 19.5 Å². The molecule has 3 aliphatic rings. The lowest BCUT2D eigenvalue weighted by molar-refractivity contribution is -0.158. The van der Waals surface area contributed by atoms with Crippen molar-refractivity contribution in [2.24, 2.45) is 5.92 Å². The summed E-state index contributed by atoms with van der Waals surface area (Å²) in [7, 11) is 1.49. The van der Waals surface area contributed by atoms with E-state index in [9.17, 15) is 15.0 Å². The Morgan fingerprint density at radius 1 is 1.14 bits per heavy atom. The van der Waals surface area contributed by atoms with Crippen molar-refractivity contribution in [2.75, 3.05) is 20.2 Å². The lowest BCUT2D eigenvalue weighted by atomic mass is 9.70. The summed E-state index contributed by atoms with van der Waals surface area (Å²) in [5.74, 6) is -1.18. The molecule has 1 amide bonds. The molecule has 0 bridgehead atoms. The summed E-state index contributed by atoms with van der Waals surface area (Å²) in [6.07, 6.45) is 2.48. The first kappa shape index (κ1) is 22.5. The van der Waals surface area contributed by atoms with Crippen LogP contribution in [0.1, 0.15) is 29.0 Å². The van der Waals surface area contributed by atoms with Gasteiger partial charge in [-0.3, -0.25) is 9.78 Å². The zero-order chi connectivity index (χ0) is 24.4. The van der Waals surface area contributed by atoms with Gasteiger partial charge in [0.25, 0.3) is 0 Å². The smallest absolute Gasteiger partial charge is 0.229 e. The van der Waals surface area contributed by atoms with E-state index in [1.54, 1.807) is 4.90 Å². The number of pyridine rings is 1. The number of fused-ring (bicyclic) bond motifs is 3. The van der Waals surface area contributed by atoms with Crippen LogP contribution in [0.2, 0.25) is 0 Å². The number of hydrogen-bond donors (Lipinski definition) is 2. The standard InChI is InChI=1S/C27H25BrN2O5/c1-34-19-14-29-15-20-23(19)26(33)24(31)21(25(32)30-12-5-13-30)22(16-6-3-2-4-7-16)27(26,35-20)17-8-10-18(28)11-9-17/h2-4,6-11,14-15,21-22,24,31,33H,5,12-13H2,1H3/t21?,22?,24-,26+,27?/m1/s1. The molecule has 3 heterocycles. The number of carbonyl (C=O) groups excluding carboxylic acids is 1. The molecule has 2 fully saturated rings. The van der Waals surface area contributed by atoms with Gasteiger partial charge in [0, 0.05) is 23.5 Å². The summed E-state index contributed by atoms with van der Waals surface area (Å²) in [6, 6.07) is 17.0. The SMILES string of the molecule is COc1cncc2c1[C@]1(O)[C@H](O)C(C(=O)N3CCC3)C(c3ccccc3)C1(c1ccc(Br)cc1)O2. The molecule has 1 aromatic heterocycles. The third kappa shape index (κ3) is 2.90. The minimum Gasteiger partial charge on any atom is -0.495 e. The van der Waals surface area contributed by atoms with Crippen molar-refractivity contribution in [3.05, 3.63) is 88.2 Å². The highest BCUT2D eigenvalue weighted by molar-refractivity contribution is 9.10. The maximum Gasteiger partial charge on any atom is 0.229 e. The first-order chi connectivity index (χ1) is 16.9. The predicted octanol–water partition coefficient (Wildman–Crippen LogP) is 3.34. The molecular formula is C27H25BrN2O5. The minimum absolute atomic E-state index is 0.185. The number of ether oxygens (including phenoxy) is 2. The monoisotopic (exact) mass is 536 g/mol. The van der Waals surface area contributed by atoms with E-state index in [0.29, 0.717) is 35.7 Å². The van der Waals surface area contributed by atoms with Crippen LogP contribution < -0.4 is 9.47 Å². The Balaban J connectivity index is 1.68. The fraction of sp³-hybridized carbons (Fsp3) is 0.333. The number of hydrogen-bond acceptors (Lipinski definition) is 6. The molecule has 0 radical (unpaired) electrons. The average Bonchev–Trinajstić information content (AvgIpc) is 3.22. The highest BCUT2D eigenvalue weighted by Gasteiger charge is 2.78. The molecule has 35 heavy (non-hydrogen) atoms. The average molecular weight is 537 g/mol. The van der Waals surface area contributed by atoms with Gasteiger partial charge >= 0.3 is 0 Å². The molecule has 1 saturated carbocycles. The molecule has 5 atom stereocenters. The molecule has 1 aliphatic carbocycles. The van der Waals surface area contributed by atoms with Gasteiger partial charge < -0.3 is 24.6 Å². The molecule has 7 nitrogen and oxygen atoms in total. The van der Waals surface area contributed by atoms with E-state index in [0.717, 1.165) is 16.5 Å². The highest BCUT2D eigenvalue weighted by atomic mass is 79.9. The Bertz CT molecular complexity index is 1280. The van der Waals surface area contributed by atoms with E-state index in [-0.39, 0.29) is 5.91 Å². The molecule has 6 rings (SSSR count). The normalized spacial score (nSPS) is 30.7. The van der Waals surface area contributed by atoms with Gasteiger partial charge in [0.2, 0.25) is 5.91 Å². The van der Waals surface area contributed by atoms with Crippen LogP contribution in [0.4, 0.5) is 0 Å². The van der Waals surface area contributed by atoms with Crippen LogP contribution in [0.5, 0.6) is 11.5 Å². The van der Waals surface area contributed by atoms with E-state index in [1.807, 2.05) is 54.6 Å². The molecule has 2 aliphatic heterocycles. The van der Waals surface area contributed by atoms with E-state index in [2.05, 4.69) is 20.9 Å². The van der Waals surface area contributed by atoms with E-state index >= 15 is 0 Å². The van der Waals surface area contributed by atoms with Gasteiger partial charge in [-0.1, -0.05) is 58.4 Å². The summed E-state index contributed by atoms with van der Waals surface area (Å²) in [6.45, 7) is 1.27. The van der Waals surface area contributed by atoms with Gasteiger partial charge in [-0.15, -0.1) is 0 Å². The summed E-state index contributed by atoms with van der Waals surface area (Å²) >= 11 is 3.49. The number of rotatable bonds is 4. The van der Waals surface area contributed by atoms with Crippen LogP contribution in [0, 0.1) is 5.92 Å². The van der Waals surface area contributed by atoms with E-state index in [4.69, 9.17) is 9.47 Å². The third-order valence-corrected chi connectivity index (χ3v) is 8.29. The summed E-state index contributed by atoms with van der Waals surface area (Å²) in [4.78, 5) is 19.8. The zero-order valence-electron chi connectivity index (χ0n) is 19.1. The number of halogens is 1. The lowest BCUT2D eigenvalue weighted by Gasteiger charge is -2.41. The van der Waals surface area contributed by atoms with Crippen LogP contribution in [0.3, 0.4) is 0 Å². The quantitative estimate of drug-likeness (QED) is 0.531. The van der Waals surface area contributed by atoms with Gasteiger partial charge in [0.05, 0.1) is 31.0 Å². The number of nitrogens with zero attached hydrogens (tertiary/aromatic N) is 2. The molecule has 1 saturated heterocycles. The van der Waals surface area contributed by atoms with Crippen LogP contribution in [-0.4, -0.2) is 52.3 Å². The molecule has 0 spiro atoms. The van der Waals surface area contributed by atoms with Crippen LogP contribution in [0.15, 0.2) is 71.5 Å². The van der Waals surface area contributed by atoms with Crippen LogP contribution in [0.25, 0.3) is 0 Å². The summed E-state index contributed by atoms with van der Waals surface area (Å²) in [5, 5.41) is 24.7. The number of aromatic nitrogens is 1. The number of likely N-dealkylation sites (tertiary alicyclic amines) is 1. The largest absolute Gasteiger partial charge is 0.495 e. The molecule has 2 N–H and O–H groups in total. The van der Waals surface area contributed by atoms with Gasteiger partial charge in [-0.05, 0) is 29.7 Å². The number of carbonyl (C=O) groups is 1. The van der Waals surface area contributed by atoms with Gasteiger partial charge in [-0.25, -0.2) is 0 Å². The zero-order valence-corrected chi connectivity index (χ0v) is 20.7. The first-order valence-corrected chi connectivity index (χ1v) is 12.4. The van der Waals surface area contributed by atoms with Gasteiger partial charge in [0.1, 0.15) is 17.6 Å². The van der Waals surface area contributed by atoms with Crippen molar-refractivity contribution in [1.29, 1.82) is 0 Å². The predicted molar refractivity (Wildman–Crippen MR) is 131 cm³/mol. The Hall–Kier alpha value is -2.94. The second-order valence-electron chi connectivity index (χ2n) is 9.36. The summed E-state index contributed by atoms with van der Waals surface area (Å²) in [5.41, 5.74) is -1.73. The third-order valence-electron chi connectivity index (χ3n) is 7.76. The Morgan fingerprint density at radius 3 is 2.49 bits per heavy atom.